The van der Waals surface area contributed by atoms with Crippen LogP contribution in [-0.4, -0.2) is 14.9 Å². The van der Waals surface area contributed by atoms with Gasteiger partial charge >= 0.3 is 0 Å². The van der Waals surface area contributed by atoms with E-state index in [4.69, 9.17) is 11.6 Å². The van der Waals surface area contributed by atoms with Crippen molar-refractivity contribution >= 4 is 50.0 Å². The molecule has 0 unspecified atom stereocenters. The second-order valence-corrected chi connectivity index (χ2v) is 7.64. The van der Waals surface area contributed by atoms with E-state index in [0.29, 0.717) is 15.8 Å². The van der Waals surface area contributed by atoms with Crippen molar-refractivity contribution in [1.82, 2.24) is 9.97 Å². The highest BCUT2D eigenvalue weighted by atomic mass is 35.5. The molecular formula is C18H14ClN3O3S. The van der Waals surface area contributed by atoms with Gasteiger partial charge in [0.2, 0.25) is 0 Å². The van der Waals surface area contributed by atoms with Gasteiger partial charge in [-0.3, -0.25) is 14.9 Å². The first-order valence-electron chi connectivity index (χ1n) is 8.19. The van der Waals surface area contributed by atoms with Crippen molar-refractivity contribution in [3.63, 3.8) is 0 Å². The van der Waals surface area contributed by atoms with Crippen molar-refractivity contribution < 1.29 is 4.92 Å². The molecule has 0 saturated heterocycles. The first-order chi connectivity index (χ1) is 12.5. The molecule has 132 valence electrons. The number of non-ortho nitro benzene ring substituents is 1. The van der Waals surface area contributed by atoms with Crippen LogP contribution in [0.2, 0.25) is 0 Å². The van der Waals surface area contributed by atoms with Crippen molar-refractivity contribution in [2.45, 2.75) is 25.7 Å². The van der Waals surface area contributed by atoms with E-state index in [1.165, 1.54) is 17.0 Å². The van der Waals surface area contributed by atoms with Gasteiger partial charge in [-0.2, -0.15) is 0 Å². The van der Waals surface area contributed by atoms with E-state index in [2.05, 4.69) is 9.97 Å². The van der Waals surface area contributed by atoms with Crippen LogP contribution >= 0.6 is 22.9 Å². The molecule has 2 aromatic heterocycles. The van der Waals surface area contributed by atoms with Gasteiger partial charge in [-0.05, 0) is 42.9 Å². The number of hydrogen-bond donors (Lipinski definition) is 1. The molecule has 1 aromatic carbocycles. The monoisotopic (exact) mass is 387 g/mol. The normalized spacial score (nSPS) is 14.4. The molecule has 0 saturated carbocycles. The zero-order valence-electron chi connectivity index (χ0n) is 13.6. The third-order valence-electron chi connectivity index (χ3n) is 4.43. The summed E-state index contributed by atoms with van der Waals surface area (Å²) < 4.78 is 0. The van der Waals surface area contributed by atoms with Crippen molar-refractivity contribution in [3.8, 4) is 0 Å². The molecule has 0 fully saturated rings. The number of fused-ring (bicyclic) bond motifs is 3. The average Bonchev–Trinajstić information content (AvgIpc) is 3.00. The van der Waals surface area contributed by atoms with Gasteiger partial charge in [0.05, 0.1) is 15.3 Å². The highest BCUT2D eigenvalue weighted by molar-refractivity contribution is 7.18. The summed E-state index contributed by atoms with van der Waals surface area (Å²) in [5.74, 6) is 0.272. The van der Waals surface area contributed by atoms with E-state index >= 15 is 0 Å². The second kappa shape index (κ2) is 6.66. The predicted octanol–water partition coefficient (Wildman–Crippen LogP) is 4.51. The Labute approximate surface area is 157 Å². The number of benzene rings is 1. The Balaban J connectivity index is 1.78. The van der Waals surface area contributed by atoms with Crippen LogP contribution in [0, 0.1) is 10.1 Å². The van der Waals surface area contributed by atoms with Crippen molar-refractivity contribution in [2.24, 2.45) is 0 Å². The summed E-state index contributed by atoms with van der Waals surface area (Å²) in [5, 5.41) is 11.8. The Morgan fingerprint density at radius 2 is 2.15 bits per heavy atom. The van der Waals surface area contributed by atoms with Crippen LogP contribution in [0.4, 0.5) is 5.69 Å². The molecule has 2 heterocycles. The third kappa shape index (κ3) is 3.04. The van der Waals surface area contributed by atoms with Gasteiger partial charge in [-0.25, -0.2) is 4.98 Å². The zero-order valence-corrected chi connectivity index (χ0v) is 15.2. The number of H-pyrrole nitrogens is 1. The van der Waals surface area contributed by atoms with Gasteiger partial charge in [0, 0.05) is 17.0 Å². The summed E-state index contributed by atoms with van der Waals surface area (Å²) >= 11 is 7.89. The van der Waals surface area contributed by atoms with Gasteiger partial charge in [-0.15, -0.1) is 11.3 Å². The lowest BCUT2D eigenvalue weighted by Crippen LogP contribution is -2.12. The summed E-state index contributed by atoms with van der Waals surface area (Å²) in [5.41, 5.74) is 1.48. The summed E-state index contributed by atoms with van der Waals surface area (Å²) in [4.78, 5) is 32.2. The number of thiophene rings is 1. The molecule has 0 aliphatic heterocycles. The van der Waals surface area contributed by atoms with Crippen LogP contribution in [-0.2, 0) is 12.8 Å². The number of nitro benzene ring substituents is 1. The number of aryl methyl sites for hydroxylation is 2. The fourth-order valence-electron chi connectivity index (χ4n) is 3.22. The predicted molar refractivity (Wildman–Crippen MR) is 104 cm³/mol. The molecule has 0 atom stereocenters. The van der Waals surface area contributed by atoms with E-state index in [1.54, 1.807) is 29.5 Å². The van der Waals surface area contributed by atoms with Crippen LogP contribution < -0.4 is 5.56 Å². The van der Waals surface area contributed by atoms with E-state index in [9.17, 15) is 14.9 Å². The number of hydrogen-bond acceptors (Lipinski definition) is 5. The molecule has 0 amide bonds. The summed E-state index contributed by atoms with van der Waals surface area (Å²) in [6.45, 7) is 0. The number of nitrogens with one attached hydrogen (secondary N) is 1. The third-order valence-corrected chi connectivity index (χ3v) is 5.90. The average molecular weight is 388 g/mol. The first kappa shape index (κ1) is 16.9. The van der Waals surface area contributed by atoms with E-state index in [1.807, 2.05) is 0 Å². The number of nitrogens with zero attached hydrogens (tertiary/aromatic N) is 2. The first-order valence-corrected chi connectivity index (χ1v) is 9.39. The Hall–Kier alpha value is -2.51. The minimum absolute atomic E-state index is 0.0222. The molecule has 1 N–H and O–H groups in total. The summed E-state index contributed by atoms with van der Waals surface area (Å²) in [6, 6.07) is 6.12. The fourth-order valence-corrected chi connectivity index (χ4v) is 4.70. The fraction of sp³-hybridized carbons (Fsp3) is 0.222. The van der Waals surface area contributed by atoms with Gasteiger partial charge in [-0.1, -0.05) is 23.7 Å². The number of aromatic amines is 1. The van der Waals surface area contributed by atoms with Crippen LogP contribution in [0.1, 0.15) is 34.7 Å². The van der Waals surface area contributed by atoms with Crippen LogP contribution in [0.5, 0.6) is 0 Å². The maximum Gasteiger partial charge on any atom is 0.270 e. The van der Waals surface area contributed by atoms with Gasteiger partial charge < -0.3 is 4.98 Å². The van der Waals surface area contributed by atoms with E-state index in [-0.39, 0.29) is 22.1 Å². The second-order valence-electron chi connectivity index (χ2n) is 6.15. The summed E-state index contributed by atoms with van der Waals surface area (Å²) in [7, 11) is 0. The van der Waals surface area contributed by atoms with E-state index in [0.717, 1.165) is 31.2 Å². The lowest BCUT2D eigenvalue weighted by molar-refractivity contribution is -0.384. The number of rotatable bonds is 3. The summed E-state index contributed by atoms with van der Waals surface area (Å²) in [6.07, 6.45) is 5.69. The minimum Gasteiger partial charge on any atom is -0.305 e. The Morgan fingerprint density at radius 1 is 1.35 bits per heavy atom. The van der Waals surface area contributed by atoms with Crippen LogP contribution in [0.15, 0.2) is 29.1 Å². The van der Waals surface area contributed by atoms with Crippen molar-refractivity contribution in [2.75, 3.05) is 0 Å². The maximum atomic E-state index is 12.6. The van der Waals surface area contributed by atoms with Crippen LogP contribution in [0.3, 0.4) is 0 Å². The smallest absolute Gasteiger partial charge is 0.270 e. The molecule has 4 rings (SSSR count). The Bertz CT molecular complexity index is 1120. The molecule has 0 bridgehead atoms. The number of halogens is 1. The quantitative estimate of drug-likeness (QED) is 0.529. The van der Waals surface area contributed by atoms with Gasteiger partial charge in [0.15, 0.2) is 5.82 Å². The van der Waals surface area contributed by atoms with Gasteiger partial charge in [0.1, 0.15) is 4.83 Å². The largest absolute Gasteiger partial charge is 0.305 e. The van der Waals surface area contributed by atoms with Crippen LogP contribution in [0.25, 0.3) is 21.3 Å². The molecule has 0 radical (unpaired) electrons. The lowest BCUT2D eigenvalue weighted by atomic mass is 9.97. The molecule has 0 spiro atoms. The topological polar surface area (TPSA) is 88.9 Å². The number of nitro groups is 1. The Kier molecular flexibility index (Phi) is 4.34. The molecule has 8 heteroatoms. The SMILES string of the molecule is O=c1[nH]c(/C(Cl)=C/c2cccc([N+](=O)[O-])c2)nc2sc3c(c12)CCCC3. The van der Waals surface area contributed by atoms with Gasteiger partial charge in [0.25, 0.3) is 11.2 Å². The van der Waals surface area contributed by atoms with Crippen molar-refractivity contribution in [3.05, 3.63) is 66.6 Å². The molecule has 26 heavy (non-hydrogen) atoms. The lowest BCUT2D eigenvalue weighted by Gasteiger charge is -2.09. The molecule has 1 aliphatic carbocycles. The van der Waals surface area contributed by atoms with Crippen molar-refractivity contribution in [1.29, 1.82) is 0 Å². The molecular weight excluding hydrogens is 374 g/mol. The molecule has 3 aromatic rings. The minimum atomic E-state index is -0.465. The zero-order chi connectivity index (χ0) is 18.3. The highest BCUT2D eigenvalue weighted by Gasteiger charge is 2.20. The standard InChI is InChI=1S/C18H14ClN3O3S/c19-13(9-10-4-3-5-11(8-10)22(24)25)16-20-17(23)15-12-6-1-2-7-14(12)26-18(15)21-16/h3-5,8-9H,1-2,6-7H2,(H,20,21,23)/b13-9-. The number of aromatic nitrogens is 2. The Morgan fingerprint density at radius 3 is 2.96 bits per heavy atom. The molecule has 1 aliphatic rings. The van der Waals surface area contributed by atoms with E-state index < -0.39 is 4.92 Å². The highest BCUT2D eigenvalue weighted by Crippen LogP contribution is 2.34. The molecule has 6 nitrogen and oxygen atoms in total. The maximum absolute atomic E-state index is 12.6.